The lowest BCUT2D eigenvalue weighted by atomic mass is 9.91. The molecule has 19 heavy (non-hydrogen) atoms. The molecule has 4 heteroatoms. The molecular formula is C15H20N4. The minimum atomic E-state index is 0.480. The molecule has 2 atom stereocenters. The third kappa shape index (κ3) is 2.57. The lowest BCUT2D eigenvalue weighted by Crippen LogP contribution is -2.41. The minimum absolute atomic E-state index is 0.480. The number of hydrogen-bond donors (Lipinski definition) is 1. The number of nitrogens with zero attached hydrogens (tertiary/aromatic N) is 3. The van der Waals surface area contributed by atoms with Crippen molar-refractivity contribution in [1.82, 2.24) is 9.88 Å². The van der Waals surface area contributed by atoms with Crippen molar-refractivity contribution in [2.45, 2.75) is 37.8 Å². The molecule has 0 spiro atoms. The highest BCUT2D eigenvalue weighted by Gasteiger charge is 2.37. The molecular weight excluding hydrogens is 236 g/mol. The highest BCUT2D eigenvalue weighted by Crippen LogP contribution is 2.37. The van der Waals surface area contributed by atoms with E-state index in [-0.39, 0.29) is 0 Å². The third-order valence-corrected chi connectivity index (χ3v) is 4.67. The fraction of sp³-hybridized carbons (Fsp3) is 0.600. The zero-order valence-electron chi connectivity index (χ0n) is 11.3. The lowest BCUT2D eigenvalue weighted by molar-refractivity contribution is 0.139. The van der Waals surface area contributed by atoms with Crippen LogP contribution in [0.15, 0.2) is 18.3 Å². The second kappa shape index (κ2) is 5.18. The van der Waals surface area contributed by atoms with E-state index in [1.54, 1.807) is 6.20 Å². The molecule has 1 N–H and O–H groups in total. The number of pyridine rings is 1. The van der Waals surface area contributed by atoms with Crippen LogP contribution < -0.4 is 5.32 Å². The predicted octanol–water partition coefficient (Wildman–Crippen LogP) is 2.24. The Bertz CT molecular complexity index is 479. The first-order valence-corrected chi connectivity index (χ1v) is 7.08. The fourth-order valence-electron chi connectivity index (χ4n) is 3.55. The van der Waals surface area contributed by atoms with Crippen LogP contribution >= 0.6 is 0 Å². The van der Waals surface area contributed by atoms with Gasteiger partial charge >= 0.3 is 0 Å². The third-order valence-electron chi connectivity index (χ3n) is 4.67. The molecule has 2 aliphatic heterocycles. The van der Waals surface area contributed by atoms with Crippen LogP contribution in [0.4, 0.5) is 5.69 Å². The van der Waals surface area contributed by atoms with Gasteiger partial charge in [-0.15, -0.1) is 0 Å². The van der Waals surface area contributed by atoms with E-state index in [9.17, 15) is 0 Å². The van der Waals surface area contributed by atoms with Crippen molar-refractivity contribution in [3.05, 3.63) is 24.0 Å². The summed E-state index contributed by atoms with van der Waals surface area (Å²) in [6.45, 7) is 1.01. The van der Waals surface area contributed by atoms with E-state index in [1.807, 2.05) is 12.1 Å². The molecule has 2 bridgehead atoms. The van der Waals surface area contributed by atoms with Gasteiger partial charge in [0.15, 0.2) is 0 Å². The topological polar surface area (TPSA) is 52.0 Å². The molecule has 100 valence electrons. The van der Waals surface area contributed by atoms with Gasteiger partial charge in [0.2, 0.25) is 0 Å². The first-order chi connectivity index (χ1) is 9.26. The molecule has 0 saturated carbocycles. The molecule has 0 amide bonds. The summed E-state index contributed by atoms with van der Waals surface area (Å²) in [5, 5.41) is 12.3. The molecule has 1 aromatic heterocycles. The second-order valence-corrected chi connectivity index (χ2v) is 5.81. The number of rotatable bonds is 3. The van der Waals surface area contributed by atoms with Crippen molar-refractivity contribution in [3.63, 3.8) is 0 Å². The molecule has 0 aromatic carbocycles. The summed E-state index contributed by atoms with van der Waals surface area (Å²) in [5.41, 5.74) is 1.49. The molecule has 0 radical (unpaired) electrons. The van der Waals surface area contributed by atoms with Gasteiger partial charge < -0.3 is 10.2 Å². The van der Waals surface area contributed by atoms with Crippen molar-refractivity contribution in [1.29, 1.82) is 5.26 Å². The van der Waals surface area contributed by atoms with Gasteiger partial charge in [-0.3, -0.25) is 0 Å². The molecule has 2 unspecified atom stereocenters. The molecule has 2 fully saturated rings. The first kappa shape index (κ1) is 12.4. The van der Waals surface area contributed by atoms with Crippen LogP contribution in [0.5, 0.6) is 0 Å². The van der Waals surface area contributed by atoms with Crippen molar-refractivity contribution >= 4 is 5.69 Å². The number of nitrogens with one attached hydrogen (secondary N) is 1. The number of fused-ring (bicyclic) bond motifs is 2. The summed E-state index contributed by atoms with van der Waals surface area (Å²) in [6, 6.07) is 7.41. The summed E-state index contributed by atoms with van der Waals surface area (Å²) < 4.78 is 0. The van der Waals surface area contributed by atoms with Gasteiger partial charge in [0.25, 0.3) is 0 Å². The van der Waals surface area contributed by atoms with E-state index >= 15 is 0 Å². The van der Waals surface area contributed by atoms with Gasteiger partial charge in [0, 0.05) is 30.5 Å². The van der Waals surface area contributed by atoms with Crippen LogP contribution in [-0.4, -0.2) is 35.6 Å². The van der Waals surface area contributed by atoms with Gasteiger partial charge in [0.1, 0.15) is 11.8 Å². The lowest BCUT2D eigenvalue weighted by Gasteiger charge is -2.36. The Morgan fingerprint density at radius 2 is 2.16 bits per heavy atom. The Balaban J connectivity index is 1.57. The Kier molecular flexibility index (Phi) is 3.39. The Morgan fingerprint density at radius 3 is 2.84 bits per heavy atom. The van der Waals surface area contributed by atoms with Crippen LogP contribution in [0.25, 0.3) is 0 Å². The Labute approximate surface area is 114 Å². The van der Waals surface area contributed by atoms with Gasteiger partial charge in [-0.05, 0) is 50.8 Å². The SMILES string of the molecule is CN1C2CCC1CC(CNc1ccnc(C#N)c1)C2. The average Bonchev–Trinajstić information content (AvgIpc) is 2.68. The maximum Gasteiger partial charge on any atom is 0.142 e. The van der Waals surface area contributed by atoms with Crippen LogP contribution in [0.3, 0.4) is 0 Å². The van der Waals surface area contributed by atoms with Crippen LogP contribution in [0, 0.1) is 17.2 Å². The molecule has 4 nitrogen and oxygen atoms in total. The van der Waals surface area contributed by atoms with E-state index in [0.717, 1.165) is 30.2 Å². The molecule has 3 heterocycles. The smallest absolute Gasteiger partial charge is 0.142 e. The Morgan fingerprint density at radius 1 is 1.42 bits per heavy atom. The Hall–Kier alpha value is -1.60. The normalized spacial score (nSPS) is 30.0. The molecule has 2 saturated heterocycles. The summed E-state index contributed by atoms with van der Waals surface area (Å²) in [4.78, 5) is 6.56. The fourth-order valence-corrected chi connectivity index (χ4v) is 3.55. The van der Waals surface area contributed by atoms with Crippen molar-refractivity contribution in [2.75, 3.05) is 18.9 Å². The van der Waals surface area contributed by atoms with E-state index in [2.05, 4.69) is 28.3 Å². The van der Waals surface area contributed by atoms with E-state index in [4.69, 9.17) is 5.26 Å². The maximum absolute atomic E-state index is 8.84. The predicted molar refractivity (Wildman–Crippen MR) is 74.7 cm³/mol. The molecule has 1 aromatic rings. The van der Waals surface area contributed by atoms with Gasteiger partial charge in [-0.1, -0.05) is 0 Å². The minimum Gasteiger partial charge on any atom is -0.385 e. The second-order valence-electron chi connectivity index (χ2n) is 5.81. The number of aromatic nitrogens is 1. The summed E-state index contributed by atoms with van der Waals surface area (Å²) >= 11 is 0. The zero-order chi connectivity index (χ0) is 13.2. The number of anilines is 1. The van der Waals surface area contributed by atoms with Gasteiger partial charge in [-0.25, -0.2) is 4.98 Å². The maximum atomic E-state index is 8.84. The zero-order valence-corrected chi connectivity index (χ0v) is 11.3. The summed E-state index contributed by atoms with van der Waals surface area (Å²) in [7, 11) is 2.27. The van der Waals surface area contributed by atoms with E-state index in [1.165, 1.54) is 25.7 Å². The van der Waals surface area contributed by atoms with Crippen molar-refractivity contribution in [2.24, 2.45) is 5.92 Å². The van der Waals surface area contributed by atoms with Gasteiger partial charge in [-0.2, -0.15) is 5.26 Å². The quantitative estimate of drug-likeness (QED) is 0.901. The number of piperidine rings is 1. The van der Waals surface area contributed by atoms with Crippen LogP contribution in [0.1, 0.15) is 31.4 Å². The summed E-state index contributed by atoms with van der Waals surface area (Å²) in [6.07, 6.45) is 7.03. The molecule has 3 rings (SSSR count). The standard InChI is InChI=1S/C15H20N4/c1-19-14-2-3-15(19)7-11(6-14)10-18-12-4-5-17-13(8-12)9-16/h4-5,8,11,14-15H,2-3,6-7,10H2,1H3,(H,17,18). The molecule has 2 aliphatic rings. The van der Waals surface area contributed by atoms with E-state index < -0.39 is 0 Å². The monoisotopic (exact) mass is 256 g/mol. The van der Waals surface area contributed by atoms with Gasteiger partial charge in [0.05, 0.1) is 0 Å². The summed E-state index contributed by atoms with van der Waals surface area (Å²) in [5.74, 6) is 0.757. The molecule has 0 aliphatic carbocycles. The van der Waals surface area contributed by atoms with Crippen molar-refractivity contribution in [3.8, 4) is 6.07 Å². The number of hydrogen-bond acceptors (Lipinski definition) is 4. The number of nitriles is 1. The highest BCUT2D eigenvalue weighted by atomic mass is 15.2. The van der Waals surface area contributed by atoms with Crippen molar-refractivity contribution < 1.29 is 0 Å². The van der Waals surface area contributed by atoms with E-state index in [0.29, 0.717) is 5.69 Å². The van der Waals surface area contributed by atoms with Crippen LogP contribution in [-0.2, 0) is 0 Å². The first-order valence-electron chi connectivity index (χ1n) is 7.08. The highest BCUT2D eigenvalue weighted by molar-refractivity contribution is 5.45. The average molecular weight is 256 g/mol. The largest absolute Gasteiger partial charge is 0.385 e. The van der Waals surface area contributed by atoms with Crippen LogP contribution in [0.2, 0.25) is 0 Å².